The van der Waals surface area contributed by atoms with Crippen molar-refractivity contribution in [3.63, 3.8) is 0 Å². The molecule has 3 nitrogen and oxygen atoms in total. The van der Waals surface area contributed by atoms with Gasteiger partial charge in [-0.25, -0.2) is 9.18 Å². The largest absolute Gasteiger partial charge is 0.444 e. The molecule has 0 heterocycles. The summed E-state index contributed by atoms with van der Waals surface area (Å²) in [5.74, 6) is -0.277. The van der Waals surface area contributed by atoms with Crippen LogP contribution in [0.2, 0.25) is 0 Å². The molecule has 0 aliphatic carbocycles. The molecule has 0 aromatic heterocycles. The summed E-state index contributed by atoms with van der Waals surface area (Å²) < 4.78 is 18.7. The quantitative estimate of drug-likeness (QED) is 0.816. The van der Waals surface area contributed by atoms with Crippen LogP contribution in [0, 0.1) is 5.82 Å². The highest BCUT2D eigenvalue weighted by Gasteiger charge is 2.15. The molecule has 5 heteroatoms. The summed E-state index contributed by atoms with van der Waals surface area (Å²) in [6.45, 7) is 5.94. The predicted octanol–water partition coefficient (Wildman–Crippen LogP) is 4.52. The van der Waals surface area contributed by atoms with Gasteiger partial charge in [-0.05, 0) is 44.9 Å². The number of amides is 1. The molecule has 1 rings (SSSR count). The Morgan fingerprint density at radius 3 is 2.75 bits per heavy atom. The molecular weight excluding hydrogens is 325 g/mol. The van der Waals surface area contributed by atoms with Crippen LogP contribution in [0.3, 0.4) is 0 Å². The molecule has 0 aliphatic rings. The van der Waals surface area contributed by atoms with Gasteiger partial charge < -0.3 is 10.1 Å². The molecule has 0 bridgehead atoms. The smallest absolute Gasteiger partial charge is 0.407 e. The fourth-order valence-corrected chi connectivity index (χ4v) is 1.90. The Morgan fingerprint density at radius 1 is 1.45 bits per heavy atom. The Bertz CT molecular complexity index is 495. The summed E-state index contributed by atoms with van der Waals surface area (Å²) in [5.41, 5.74) is 0.405. The van der Waals surface area contributed by atoms with E-state index in [-0.39, 0.29) is 5.82 Å². The van der Waals surface area contributed by atoms with Crippen LogP contribution in [-0.4, -0.2) is 18.2 Å². The minimum absolute atomic E-state index is 0.277. The Balaban J connectivity index is 2.34. The molecular formula is C15H19BrFNO2. The van der Waals surface area contributed by atoms with E-state index in [1.165, 1.54) is 12.1 Å². The van der Waals surface area contributed by atoms with Gasteiger partial charge in [-0.2, -0.15) is 0 Å². The van der Waals surface area contributed by atoms with E-state index in [1.54, 1.807) is 6.07 Å². The number of halogens is 2. The van der Waals surface area contributed by atoms with Crippen molar-refractivity contribution in [2.24, 2.45) is 0 Å². The minimum atomic E-state index is -0.487. The second kappa shape index (κ2) is 7.43. The van der Waals surface area contributed by atoms with Crippen molar-refractivity contribution in [3.8, 4) is 0 Å². The van der Waals surface area contributed by atoms with Crippen molar-refractivity contribution in [2.75, 3.05) is 6.54 Å². The molecule has 0 saturated carbocycles. The van der Waals surface area contributed by atoms with Crippen molar-refractivity contribution in [1.29, 1.82) is 0 Å². The topological polar surface area (TPSA) is 38.3 Å². The van der Waals surface area contributed by atoms with E-state index in [4.69, 9.17) is 4.74 Å². The number of alkyl carbamates (subject to hydrolysis) is 1. The molecule has 0 fully saturated rings. The number of carbonyl (C=O) groups excluding carboxylic acids is 1. The SMILES string of the molecule is CC(C)(C)OC(=O)NCCC=Cc1ccc(F)cc1Br. The summed E-state index contributed by atoms with van der Waals surface area (Å²) in [5, 5.41) is 2.67. The highest BCUT2D eigenvalue weighted by molar-refractivity contribution is 9.10. The number of nitrogens with one attached hydrogen (secondary N) is 1. The van der Waals surface area contributed by atoms with Gasteiger partial charge in [0, 0.05) is 11.0 Å². The zero-order valence-electron chi connectivity index (χ0n) is 11.9. The Kier molecular flexibility index (Phi) is 6.20. The number of benzene rings is 1. The van der Waals surface area contributed by atoms with Gasteiger partial charge in [-0.3, -0.25) is 0 Å². The van der Waals surface area contributed by atoms with Crippen LogP contribution >= 0.6 is 15.9 Å². The highest BCUT2D eigenvalue weighted by atomic mass is 79.9. The molecule has 0 spiro atoms. The molecule has 1 N–H and O–H groups in total. The average Bonchev–Trinajstić information content (AvgIpc) is 2.28. The Morgan fingerprint density at radius 2 is 2.15 bits per heavy atom. The number of rotatable bonds is 4. The van der Waals surface area contributed by atoms with E-state index in [9.17, 15) is 9.18 Å². The van der Waals surface area contributed by atoms with E-state index < -0.39 is 11.7 Å². The van der Waals surface area contributed by atoms with Crippen LogP contribution in [0.5, 0.6) is 0 Å². The molecule has 0 atom stereocenters. The first-order valence-electron chi connectivity index (χ1n) is 6.36. The maximum atomic E-state index is 12.9. The number of carbonyl (C=O) groups is 1. The third-order valence-electron chi connectivity index (χ3n) is 2.24. The lowest BCUT2D eigenvalue weighted by Gasteiger charge is -2.19. The summed E-state index contributed by atoms with van der Waals surface area (Å²) >= 11 is 3.29. The minimum Gasteiger partial charge on any atom is -0.444 e. The van der Waals surface area contributed by atoms with Crippen LogP contribution in [-0.2, 0) is 4.74 Å². The van der Waals surface area contributed by atoms with Gasteiger partial charge in [0.25, 0.3) is 0 Å². The third-order valence-corrected chi connectivity index (χ3v) is 2.93. The predicted molar refractivity (Wildman–Crippen MR) is 82.0 cm³/mol. The lowest BCUT2D eigenvalue weighted by molar-refractivity contribution is 0.0529. The third kappa shape index (κ3) is 6.70. The van der Waals surface area contributed by atoms with Crippen LogP contribution in [0.1, 0.15) is 32.8 Å². The molecule has 1 amide bonds. The van der Waals surface area contributed by atoms with Gasteiger partial charge in [0.05, 0.1) is 0 Å². The van der Waals surface area contributed by atoms with Gasteiger partial charge in [0.1, 0.15) is 11.4 Å². The standard InChI is InChI=1S/C15H19BrFNO2/c1-15(2,3)20-14(19)18-9-5-4-6-11-7-8-12(17)10-13(11)16/h4,6-8,10H,5,9H2,1-3H3,(H,18,19). The Labute approximate surface area is 127 Å². The van der Waals surface area contributed by atoms with Gasteiger partial charge >= 0.3 is 6.09 Å². The van der Waals surface area contributed by atoms with Gasteiger partial charge in [-0.15, -0.1) is 0 Å². The fraction of sp³-hybridized carbons (Fsp3) is 0.400. The van der Waals surface area contributed by atoms with E-state index in [0.717, 1.165) is 5.56 Å². The molecule has 0 unspecified atom stereocenters. The highest BCUT2D eigenvalue weighted by Crippen LogP contribution is 2.19. The normalized spacial score (nSPS) is 11.7. The summed E-state index contributed by atoms with van der Waals surface area (Å²) in [6, 6.07) is 4.51. The second-order valence-electron chi connectivity index (χ2n) is 5.29. The molecule has 0 aliphatic heterocycles. The summed E-state index contributed by atoms with van der Waals surface area (Å²) in [6.07, 6.45) is 4.03. The lowest BCUT2D eigenvalue weighted by Crippen LogP contribution is -2.32. The monoisotopic (exact) mass is 343 g/mol. The van der Waals surface area contributed by atoms with Crippen molar-refractivity contribution in [2.45, 2.75) is 32.8 Å². The van der Waals surface area contributed by atoms with E-state index >= 15 is 0 Å². The maximum Gasteiger partial charge on any atom is 0.407 e. The molecule has 0 radical (unpaired) electrons. The zero-order chi connectivity index (χ0) is 15.2. The summed E-state index contributed by atoms with van der Waals surface area (Å²) in [7, 11) is 0. The first-order valence-corrected chi connectivity index (χ1v) is 7.16. The lowest BCUT2D eigenvalue weighted by atomic mass is 10.2. The number of hydrogen-bond donors (Lipinski definition) is 1. The molecule has 0 saturated heterocycles. The van der Waals surface area contributed by atoms with Crippen molar-refractivity contribution in [3.05, 3.63) is 40.1 Å². The number of ether oxygens (including phenoxy) is 1. The van der Waals surface area contributed by atoms with E-state index in [2.05, 4.69) is 21.2 Å². The maximum absolute atomic E-state index is 12.9. The summed E-state index contributed by atoms with van der Waals surface area (Å²) in [4.78, 5) is 11.4. The molecule has 1 aromatic rings. The van der Waals surface area contributed by atoms with Gasteiger partial charge in [-0.1, -0.05) is 34.1 Å². The van der Waals surface area contributed by atoms with Crippen LogP contribution < -0.4 is 5.32 Å². The van der Waals surface area contributed by atoms with Crippen LogP contribution in [0.15, 0.2) is 28.7 Å². The van der Waals surface area contributed by atoms with Crippen LogP contribution in [0.25, 0.3) is 6.08 Å². The number of hydrogen-bond acceptors (Lipinski definition) is 2. The average molecular weight is 344 g/mol. The van der Waals surface area contributed by atoms with Gasteiger partial charge in [0.15, 0.2) is 0 Å². The van der Waals surface area contributed by atoms with Crippen LogP contribution in [0.4, 0.5) is 9.18 Å². The van der Waals surface area contributed by atoms with Crippen molar-refractivity contribution >= 4 is 28.1 Å². The zero-order valence-corrected chi connectivity index (χ0v) is 13.5. The van der Waals surface area contributed by atoms with Crippen molar-refractivity contribution < 1.29 is 13.9 Å². The first kappa shape index (κ1) is 16.7. The van der Waals surface area contributed by atoms with Gasteiger partial charge in [0.2, 0.25) is 0 Å². The second-order valence-corrected chi connectivity index (χ2v) is 6.14. The van der Waals surface area contributed by atoms with E-state index in [0.29, 0.717) is 17.4 Å². The Hall–Kier alpha value is -1.36. The van der Waals surface area contributed by atoms with E-state index in [1.807, 2.05) is 32.9 Å². The van der Waals surface area contributed by atoms with Crippen molar-refractivity contribution in [1.82, 2.24) is 5.32 Å². The molecule has 110 valence electrons. The first-order chi connectivity index (χ1) is 9.28. The molecule has 1 aromatic carbocycles. The molecule has 20 heavy (non-hydrogen) atoms. The fourth-order valence-electron chi connectivity index (χ4n) is 1.42.